The predicted octanol–water partition coefficient (Wildman–Crippen LogP) is 3.92. The lowest BCUT2D eigenvalue weighted by atomic mass is 9.85. The molecule has 6 nitrogen and oxygen atoms in total. The molecule has 0 aliphatic carbocycles. The second-order valence-electron chi connectivity index (χ2n) is 7.22. The summed E-state index contributed by atoms with van der Waals surface area (Å²) in [6.07, 6.45) is 0.232. The van der Waals surface area contributed by atoms with E-state index in [4.69, 9.17) is 9.47 Å². The molecule has 2 aliphatic heterocycles. The molecule has 154 valence electrons. The first kappa shape index (κ1) is 20.3. The van der Waals surface area contributed by atoms with Crippen molar-refractivity contribution in [3.8, 4) is 17.6 Å². The van der Waals surface area contributed by atoms with E-state index >= 15 is 0 Å². The Morgan fingerprint density at radius 2 is 1.93 bits per heavy atom. The Labute approximate surface area is 180 Å². The maximum Gasteiger partial charge on any atom is 0.229 e. The molecule has 2 aromatic carbocycles. The average Bonchev–Trinajstić information content (AvgIpc) is 2.79. The van der Waals surface area contributed by atoms with Gasteiger partial charge in [0.15, 0.2) is 11.5 Å². The van der Waals surface area contributed by atoms with Gasteiger partial charge in [0.05, 0.1) is 43.4 Å². The highest BCUT2D eigenvalue weighted by atomic mass is 32.2. The van der Waals surface area contributed by atoms with Crippen LogP contribution in [0.25, 0.3) is 0 Å². The van der Waals surface area contributed by atoms with E-state index in [2.05, 4.69) is 23.1 Å². The van der Waals surface area contributed by atoms with E-state index in [1.165, 1.54) is 5.56 Å². The zero-order chi connectivity index (χ0) is 21.1. The summed E-state index contributed by atoms with van der Waals surface area (Å²) in [6, 6.07) is 18.2. The third-order valence-electron chi connectivity index (χ3n) is 5.41. The normalized spacial score (nSPS) is 19.3. The highest BCUT2D eigenvalue weighted by Crippen LogP contribution is 2.46. The minimum atomic E-state index is -0.341. The molecule has 2 aliphatic rings. The molecule has 1 atom stereocenters. The van der Waals surface area contributed by atoms with Crippen LogP contribution in [0.15, 0.2) is 59.1 Å². The van der Waals surface area contributed by atoms with Crippen molar-refractivity contribution >= 4 is 17.7 Å². The summed E-state index contributed by atoms with van der Waals surface area (Å²) >= 11 is 1.55. The fourth-order valence-corrected chi connectivity index (χ4v) is 5.14. The molecule has 0 spiro atoms. The lowest BCUT2D eigenvalue weighted by Gasteiger charge is -2.41. The number of carbonyl (C=O) groups is 1. The first-order valence-electron chi connectivity index (χ1n) is 9.70. The van der Waals surface area contributed by atoms with Gasteiger partial charge < -0.3 is 9.47 Å². The van der Waals surface area contributed by atoms with E-state index in [-0.39, 0.29) is 18.2 Å². The number of hydrogen-bond acceptors (Lipinski definition) is 6. The fourth-order valence-electron chi connectivity index (χ4n) is 4.00. The molecule has 0 aromatic heterocycles. The Morgan fingerprint density at radius 3 is 2.63 bits per heavy atom. The molecule has 0 radical (unpaired) electrons. The molecule has 30 heavy (non-hydrogen) atoms. The Kier molecular flexibility index (Phi) is 5.98. The number of para-hydroxylation sites is 1. The molecule has 2 heterocycles. The summed E-state index contributed by atoms with van der Waals surface area (Å²) in [7, 11) is 3.16. The second-order valence-corrected chi connectivity index (χ2v) is 8.15. The summed E-state index contributed by atoms with van der Waals surface area (Å²) in [4.78, 5) is 17.1. The number of allylic oxidation sites excluding steroid dienone is 1. The van der Waals surface area contributed by atoms with Gasteiger partial charge in [-0.3, -0.25) is 14.6 Å². The molecule has 1 saturated heterocycles. The third kappa shape index (κ3) is 3.76. The number of nitriles is 1. The second kappa shape index (κ2) is 8.82. The quantitative estimate of drug-likeness (QED) is 0.729. The summed E-state index contributed by atoms with van der Waals surface area (Å²) < 4.78 is 11.0. The van der Waals surface area contributed by atoms with E-state index < -0.39 is 0 Å². The Morgan fingerprint density at radius 1 is 1.13 bits per heavy atom. The van der Waals surface area contributed by atoms with Gasteiger partial charge in [0.1, 0.15) is 0 Å². The smallest absolute Gasteiger partial charge is 0.229 e. The number of fused-ring (bicyclic) bond motifs is 1. The zero-order valence-corrected chi connectivity index (χ0v) is 17.8. The molecule has 7 heteroatoms. The van der Waals surface area contributed by atoms with Crippen LogP contribution in [0.5, 0.6) is 11.5 Å². The maximum absolute atomic E-state index is 13.1. The van der Waals surface area contributed by atoms with Crippen LogP contribution in [0, 0.1) is 11.3 Å². The largest absolute Gasteiger partial charge is 0.493 e. The molecule has 0 unspecified atom stereocenters. The first-order chi connectivity index (χ1) is 14.7. The van der Waals surface area contributed by atoms with Crippen LogP contribution in [-0.4, -0.2) is 42.5 Å². The van der Waals surface area contributed by atoms with Crippen LogP contribution in [0.4, 0.5) is 0 Å². The van der Waals surface area contributed by atoms with Crippen molar-refractivity contribution in [3.05, 3.63) is 70.3 Å². The summed E-state index contributed by atoms with van der Waals surface area (Å²) in [6.45, 7) is 1.25. The third-order valence-corrected chi connectivity index (χ3v) is 6.62. The van der Waals surface area contributed by atoms with Gasteiger partial charge in [0, 0.05) is 24.4 Å². The van der Waals surface area contributed by atoms with Gasteiger partial charge in [0.25, 0.3) is 0 Å². The van der Waals surface area contributed by atoms with Crippen LogP contribution in [0.1, 0.15) is 23.5 Å². The molecular formula is C23H23N3O3S. The first-order valence-corrected chi connectivity index (χ1v) is 10.7. The van der Waals surface area contributed by atoms with Crippen LogP contribution in [0.2, 0.25) is 0 Å². The monoisotopic (exact) mass is 421 g/mol. The van der Waals surface area contributed by atoms with E-state index in [1.807, 2.05) is 36.4 Å². The van der Waals surface area contributed by atoms with Crippen LogP contribution >= 0.6 is 11.8 Å². The molecular weight excluding hydrogens is 398 g/mol. The van der Waals surface area contributed by atoms with Gasteiger partial charge >= 0.3 is 0 Å². The number of ether oxygens (including phenoxy) is 2. The van der Waals surface area contributed by atoms with Crippen molar-refractivity contribution in [2.45, 2.75) is 18.9 Å². The van der Waals surface area contributed by atoms with E-state index in [0.29, 0.717) is 23.7 Å². The molecule has 0 N–H and O–H groups in total. The zero-order valence-electron chi connectivity index (χ0n) is 17.0. The minimum Gasteiger partial charge on any atom is -0.493 e. The maximum atomic E-state index is 13.1. The lowest BCUT2D eigenvalue weighted by molar-refractivity contribution is -0.131. The van der Waals surface area contributed by atoms with Crippen LogP contribution in [0.3, 0.4) is 0 Å². The molecule has 0 bridgehead atoms. The minimum absolute atomic E-state index is 0.0177. The number of carbonyl (C=O) groups excluding carboxylic acids is 1. The molecule has 2 aromatic rings. The van der Waals surface area contributed by atoms with Crippen molar-refractivity contribution in [1.29, 1.82) is 5.26 Å². The lowest BCUT2D eigenvalue weighted by Crippen LogP contribution is -2.46. The number of amides is 1. The van der Waals surface area contributed by atoms with Crippen molar-refractivity contribution in [3.63, 3.8) is 0 Å². The van der Waals surface area contributed by atoms with Crippen LogP contribution in [-0.2, 0) is 11.3 Å². The van der Waals surface area contributed by atoms with E-state index in [1.54, 1.807) is 30.9 Å². The van der Waals surface area contributed by atoms with Gasteiger partial charge in [-0.15, -0.1) is 0 Å². The van der Waals surface area contributed by atoms with Gasteiger partial charge in [0.2, 0.25) is 5.91 Å². The average molecular weight is 422 g/mol. The summed E-state index contributed by atoms with van der Waals surface area (Å²) in [5.74, 6) is 1.57. The predicted molar refractivity (Wildman–Crippen MR) is 116 cm³/mol. The number of thioether (sulfide) groups is 1. The van der Waals surface area contributed by atoms with E-state index in [9.17, 15) is 10.1 Å². The Bertz CT molecular complexity index is 1020. The number of rotatable bonds is 5. The van der Waals surface area contributed by atoms with Gasteiger partial charge in [-0.1, -0.05) is 54.2 Å². The van der Waals surface area contributed by atoms with Crippen LogP contribution < -0.4 is 9.47 Å². The highest BCUT2D eigenvalue weighted by Gasteiger charge is 2.39. The Hall–Kier alpha value is -2.95. The topological polar surface area (TPSA) is 65.8 Å². The molecule has 4 rings (SSSR count). The van der Waals surface area contributed by atoms with Crippen molar-refractivity contribution in [2.24, 2.45) is 0 Å². The molecule has 1 fully saturated rings. The summed E-state index contributed by atoms with van der Waals surface area (Å²) in [5, 5.41) is 10.8. The van der Waals surface area contributed by atoms with E-state index in [0.717, 1.165) is 23.0 Å². The van der Waals surface area contributed by atoms with Crippen molar-refractivity contribution in [2.75, 3.05) is 26.8 Å². The van der Waals surface area contributed by atoms with Gasteiger partial charge in [-0.25, -0.2) is 0 Å². The number of hydrogen-bond donors (Lipinski definition) is 0. The number of methoxy groups -OCH3 is 2. The standard InChI is InChI=1S/C23H23N3O3S/c1-28-20-10-6-9-17(22(20)29-2)18-11-21(27)26-14-25(13-16-7-4-3-5-8-16)15-30-23(26)19(18)12-24/h3-10,18H,11,13-15H2,1-2H3/t18-/m0/s1. The van der Waals surface area contributed by atoms with Crippen molar-refractivity contribution in [1.82, 2.24) is 9.80 Å². The highest BCUT2D eigenvalue weighted by molar-refractivity contribution is 8.03. The molecule has 0 saturated carbocycles. The van der Waals surface area contributed by atoms with Gasteiger partial charge in [-0.2, -0.15) is 5.26 Å². The molecule has 1 amide bonds. The SMILES string of the molecule is COc1cccc([C@@H]2CC(=O)N3CN(Cc4ccccc4)CSC3=C2C#N)c1OC. The number of nitrogens with zero attached hydrogens (tertiary/aromatic N) is 3. The fraction of sp³-hybridized carbons (Fsp3) is 0.304. The van der Waals surface area contributed by atoms with Crippen molar-refractivity contribution < 1.29 is 14.3 Å². The van der Waals surface area contributed by atoms with Gasteiger partial charge in [-0.05, 0) is 11.6 Å². The number of benzene rings is 2. The summed E-state index contributed by atoms with van der Waals surface area (Å²) in [5.41, 5.74) is 2.63. The Balaban J connectivity index is 1.65.